The highest BCUT2D eigenvalue weighted by Gasteiger charge is 2.18. The summed E-state index contributed by atoms with van der Waals surface area (Å²) < 4.78 is 16.9. The molecular formula is C27H31FN4O. The summed E-state index contributed by atoms with van der Waals surface area (Å²) >= 11 is 0. The van der Waals surface area contributed by atoms with Crippen LogP contribution >= 0.6 is 0 Å². The van der Waals surface area contributed by atoms with E-state index in [2.05, 4.69) is 34.3 Å². The second-order valence-corrected chi connectivity index (χ2v) is 9.12. The molecular weight excluding hydrogens is 415 g/mol. The van der Waals surface area contributed by atoms with Gasteiger partial charge in [0.05, 0.1) is 6.54 Å². The molecule has 172 valence electrons. The van der Waals surface area contributed by atoms with E-state index < -0.39 is 0 Å². The minimum Gasteiger partial charge on any atom is -0.301 e. The molecule has 0 bridgehead atoms. The molecule has 6 heteroatoms. The third-order valence-corrected chi connectivity index (χ3v) is 6.88. The number of nitrogens with zero attached hydrogens (tertiary/aromatic N) is 4. The van der Waals surface area contributed by atoms with Crippen molar-refractivity contribution in [1.82, 2.24) is 19.2 Å². The Labute approximate surface area is 194 Å². The molecule has 0 saturated carbocycles. The monoisotopic (exact) mass is 446 g/mol. The smallest absolute Gasteiger partial charge is 0.301 e. The lowest BCUT2D eigenvalue weighted by molar-refractivity contribution is 0.242. The first-order valence-electron chi connectivity index (χ1n) is 12.1. The molecule has 0 amide bonds. The summed E-state index contributed by atoms with van der Waals surface area (Å²) in [5.41, 5.74) is 4.84. The predicted molar refractivity (Wildman–Crippen MR) is 130 cm³/mol. The predicted octanol–water partition coefficient (Wildman–Crippen LogP) is 4.76. The quantitative estimate of drug-likeness (QED) is 0.568. The SMILES string of the molecule is O=c1n(CCN2CCC(=Cc3ccccc3-c3ccc(F)cc3)CC2)nc2n1CCCCC2. The van der Waals surface area contributed by atoms with Gasteiger partial charge in [0.15, 0.2) is 0 Å². The van der Waals surface area contributed by atoms with Crippen LogP contribution in [0.1, 0.15) is 43.5 Å². The van der Waals surface area contributed by atoms with E-state index in [-0.39, 0.29) is 11.5 Å². The average molecular weight is 447 g/mol. The van der Waals surface area contributed by atoms with Crippen LogP contribution in [0.2, 0.25) is 0 Å². The fraction of sp³-hybridized carbons (Fsp3) is 0.407. The first-order chi connectivity index (χ1) is 16.2. The third kappa shape index (κ3) is 5.01. The van der Waals surface area contributed by atoms with Crippen LogP contribution in [0.5, 0.6) is 0 Å². The van der Waals surface area contributed by atoms with E-state index >= 15 is 0 Å². The van der Waals surface area contributed by atoms with Crippen molar-refractivity contribution in [3.8, 4) is 11.1 Å². The highest BCUT2D eigenvalue weighted by Crippen LogP contribution is 2.28. The van der Waals surface area contributed by atoms with E-state index in [4.69, 9.17) is 0 Å². The highest BCUT2D eigenvalue weighted by atomic mass is 19.1. The molecule has 5 nitrogen and oxygen atoms in total. The average Bonchev–Trinajstić information content (AvgIpc) is 2.99. The second-order valence-electron chi connectivity index (χ2n) is 9.12. The second kappa shape index (κ2) is 9.87. The molecule has 5 rings (SSSR count). The summed E-state index contributed by atoms with van der Waals surface area (Å²) in [5, 5.41) is 4.62. The molecule has 0 spiro atoms. The fourth-order valence-electron chi connectivity index (χ4n) is 4.95. The zero-order valence-electron chi connectivity index (χ0n) is 19.0. The first kappa shape index (κ1) is 21.8. The Bertz CT molecular complexity index is 1180. The molecule has 33 heavy (non-hydrogen) atoms. The van der Waals surface area contributed by atoms with Crippen molar-refractivity contribution < 1.29 is 4.39 Å². The molecule has 0 radical (unpaired) electrons. The van der Waals surface area contributed by atoms with Crippen LogP contribution in [0, 0.1) is 5.82 Å². The fourth-order valence-corrected chi connectivity index (χ4v) is 4.95. The Morgan fingerprint density at radius 2 is 1.67 bits per heavy atom. The molecule has 0 unspecified atom stereocenters. The lowest BCUT2D eigenvalue weighted by Gasteiger charge is -2.28. The number of rotatable bonds is 5. The van der Waals surface area contributed by atoms with Crippen LogP contribution in [-0.4, -0.2) is 38.9 Å². The van der Waals surface area contributed by atoms with Gasteiger partial charge in [-0.25, -0.2) is 13.9 Å². The Hall–Kier alpha value is -2.99. The number of halogens is 1. The maximum Gasteiger partial charge on any atom is 0.345 e. The van der Waals surface area contributed by atoms with E-state index in [1.807, 2.05) is 22.8 Å². The van der Waals surface area contributed by atoms with Crippen molar-refractivity contribution in [2.75, 3.05) is 19.6 Å². The standard InChI is InChI=1S/C27H31FN4O/c28-24-11-9-22(10-12-24)25-7-4-3-6-23(25)20-21-13-16-30(17-14-21)18-19-32-27(33)31-15-5-1-2-8-26(31)29-32/h3-4,6-7,9-12,20H,1-2,5,8,13-19H2. The van der Waals surface area contributed by atoms with Gasteiger partial charge in [-0.2, -0.15) is 5.10 Å². The van der Waals surface area contributed by atoms with Gasteiger partial charge in [0.25, 0.3) is 0 Å². The van der Waals surface area contributed by atoms with Gasteiger partial charge in [0.2, 0.25) is 0 Å². The van der Waals surface area contributed by atoms with Gasteiger partial charge in [-0.15, -0.1) is 0 Å². The first-order valence-corrected chi connectivity index (χ1v) is 12.1. The topological polar surface area (TPSA) is 43.1 Å². The van der Waals surface area contributed by atoms with E-state index in [1.165, 1.54) is 29.7 Å². The largest absolute Gasteiger partial charge is 0.345 e. The zero-order chi connectivity index (χ0) is 22.6. The number of hydrogen-bond acceptors (Lipinski definition) is 3. The van der Waals surface area contributed by atoms with Crippen molar-refractivity contribution in [2.45, 2.75) is 51.6 Å². The van der Waals surface area contributed by atoms with Crippen LogP contribution in [0.4, 0.5) is 4.39 Å². The summed E-state index contributed by atoms with van der Waals surface area (Å²) in [5.74, 6) is 0.747. The molecule has 2 aliphatic heterocycles. The molecule has 3 heterocycles. The molecule has 1 aromatic heterocycles. The summed E-state index contributed by atoms with van der Waals surface area (Å²) in [4.78, 5) is 15.1. The number of benzene rings is 2. The maximum atomic E-state index is 13.3. The number of fused-ring (bicyclic) bond motifs is 1. The van der Waals surface area contributed by atoms with Crippen molar-refractivity contribution in [3.05, 3.63) is 81.8 Å². The van der Waals surface area contributed by atoms with E-state index in [9.17, 15) is 9.18 Å². The third-order valence-electron chi connectivity index (χ3n) is 6.88. The highest BCUT2D eigenvalue weighted by molar-refractivity contribution is 5.76. The Morgan fingerprint density at radius 1 is 0.879 bits per heavy atom. The number of piperidine rings is 1. The minimum absolute atomic E-state index is 0.0573. The van der Waals surface area contributed by atoms with Crippen LogP contribution in [-0.2, 0) is 19.5 Å². The molecule has 0 aliphatic carbocycles. The number of hydrogen-bond donors (Lipinski definition) is 0. The van der Waals surface area contributed by atoms with Gasteiger partial charge < -0.3 is 4.90 Å². The normalized spacial score (nSPS) is 16.9. The summed E-state index contributed by atoms with van der Waals surface area (Å²) in [6.07, 6.45) is 8.64. The van der Waals surface area contributed by atoms with Crippen LogP contribution < -0.4 is 5.69 Å². The Kier molecular flexibility index (Phi) is 6.53. The van der Waals surface area contributed by atoms with Crippen LogP contribution in [0.3, 0.4) is 0 Å². The molecule has 1 saturated heterocycles. The van der Waals surface area contributed by atoms with E-state index in [0.29, 0.717) is 6.54 Å². The Balaban J connectivity index is 1.21. The van der Waals surface area contributed by atoms with Crippen molar-refractivity contribution in [3.63, 3.8) is 0 Å². The molecule has 2 aromatic carbocycles. The van der Waals surface area contributed by atoms with Crippen molar-refractivity contribution in [2.24, 2.45) is 0 Å². The van der Waals surface area contributed by atoms with Crippen molar-refractivity contribution >= 4 is 6.08 Å². The van der Waals surface area contributed by atoms with E-state index in [1.54, 1.807) is 4.68 Å². The number of aryl methyl sites for hydroxylation is 1. The molecule has 0 N–H and O–H groups in total. The molecule has 3 aromatic rings. The van der Waals surface area contributed by atoms with Gasteiger partial charge in [0.1, 0.15) is 11.6 Å². The van der Waals surface area contributed by atoms with Crippen molar-refractivity contribution in [1.29, 1.82) is 0 Å². The summed E-state index contributed by atoms with van der Waals surface area (Å²) in [7, 11) is 0. The van der Waals surface area contributed by atoms with Gasteiger partial charge in [-0.1, -0.05) is 54.5 Å². The van der Waals surface area contributed by atoms with Gasteiger partial charge in [0, 0.05) is 32.6 Å². The van der Waals surface area contributed by atoms with E-state index in [0.717, 1.165) is 75.2 Å². The lowest BCUT2D eigenvalue weighted by Crippen LogP contribution is -2.36. The van der Waals surface area contributed by atoms with Crippen LogP contribution in [0.15, 0.2) is 58.9 Å². The Morgan fingerprint density at radius 3 is 2.48 bits per heavy atom. The summed E-state index contributed by atoms with van der Waals surface area (Å²) in [6.45, 7) is 4.31. The molecule has 0 atom stereocenters. The zero-order valence-corrected chi connectivity index (χ0v) is 19.0. The van der Waals surface area contributed by atoms with Gasteiger partial charge in [-0.3, -0.25) is 4.57 Å². The summed E-state index contributed by atoms with van der Waals surface area (Å²) in [6, 6.07) is 15.0. The minimum atomic E-state index is -0.213. The van der Waals surface area contributed by atoms with Gasteiger partial charge >= 0.3 is 5.69 Å². The number of likely N-dealkylation sites (tertiary alicyclic amines) is 1. The van der Waals surface area contributed by atoms with Gasteiger partial charge in [-0.05, 0) is 54.5 Å². The van der Waals surface area contributed by atoms with Crippen LogP contribution in [0.25, 0.3) is 17.2 Å². The molecule has 1 fully saturated rings. The molecule has 2 aliphatic rings. The number of aromatic nitrogens is 3. The maximum absolute atomic E-state index is 13.3. The lowest BCUT2D eigenvalue weighted by atomic mass is 9.95.